The molecule has 0 aliphatic heterocycles. The third-order valence-corrected chi connectivity index (χ3v) is 2.48. The molecule has 0 heterocycles. The smallest absolute Gasteiger partial charge is 0.123 e. The zero-order valence-corrected chi connectivity index (χ0v) is 7.05. The summed E-state index contributed by atoms with van der Waals surface area (Å²) < 4.78 is 13.3. The molecular weight excluding hydrogens is 153 g/mol. The first-order chi connectivity index (χ1) is 5.83. The van der Waals surface area contributed by atoms with Crippen LogP contribution < -0.4 is 5.32 Å². The average molecular weight is 165 g/mol. The molecule has 0 amide bonds. The van der Waals surface area contributed by atoms with Crippen LogP contribution in [0.15, 0.2) is 24.3 Å². The molecule has 0 radical (unpaired) electrons. The lowest BCUT2D eigenvalue weighted by Gasteiger charge is -2.11. The van der Waals surface area contributed by atoms with Crippen molar-refractivity contribution in [3.8, 4) is 0 Å². The number of fused-ring (bicyclic) bond motifs is 1. The topological polar surface area (TPSA) is 12.0 Å². The van der Waals surface area contributed by atoms with Crippen LogP contribution in [-0.2, 0) is 6.42 Å². The van der Waals surface area contributed by atoms with Crippen molar-refractivity contribution < 1.29 is 4.39 Å². The summed E-state index contributed by atoms with van der Waals surface area (Å²) in [6.45, 7) is 0. The second-order valence-corrected chi connectivity index (χ2v) is 3.19. The molecule has 1 aliphatic carbocycles. The van der Waals surface area contributed by atoms with Crippen LogP contribution >= 0.6 is 0 Å². The molecule has 12 heavy (non-hydrogen) atoms. The van der Waals surface area contributed by atoms with Crippen molar-refractivity contribution in [2.75, 3.05) is 7.05 Å². The molecule has 0 saturated carbocycles. The highest BCUT2D eigenvalue weighted by molar-refractivity contribution is 5.36. The van der Waals surface area contributed by atoms with Crippen molar-refractivity contribution in [1.82, 2.24) is 5.32 Å². The molecule has 1 aromatic rings. The highest BCUT2D eigenvalue weighted by Gasteiger charge is 2.30. The number of benzene rings is 1. The van der Waals surface area contributed by atoms with E-state index in [1.54, 1.807) is 7.05 Å². The Kier molecular flexibility index (Phi) is 1.85. The van der Waals surface area contributed by atoms with Crippen LogP contribution in [0.1, 0.15) is 17.2 Å². The van der Waals surface area contributed by atoms with Gasteiger partial charge < -0.3 is 5.32 Å². The molecule has 2 rings (SSSR count). The van der Waals surface area contributed by atoms with Gasteiger partial charge in [0.15, 0.2) is 0 Å². The van der Waals surface area contributed by atoms with Crippen LogP contribution in [0.5, 0.6) is 0 Å². The summed E-state index contributed by atoms with van der Waals surface area (Å²) in [5.74, 6) is 0. The fourth-order valence-electron chi connectivity index (χ4n) is 1.88. The number of hydrogen-bond acceptors (Lipinski definition) is 1. The molecule has 0 saturated heterocycles. The van der Waals surface area contributed by atoms with E-state index < -0.39 is 6.17 Å². The maximum atomic E-state index is 13.3. The lowest BCUT2D eigenvalue weighted by Crippen LogP contribution is -2.22. The molecule has 1 aromatic carbocycles. The minimum Gasteiger partial charge on any atom is -0.311 e. The lowest BCUT2D eigenvalue weighted by atomic mass is 10.1. The molecule has 1 aliphatic rings. The highest BCUT2D eigenvalue weighted by atomic mass is 19.1. The fourth-order valence-corrected chi connectivity index (χ4v) is 1.88. The normalized spacial score (nSPS) is 27.2. The molecule has 1 N–H and O–H groups in total. The standard InChI is InChI=1S/C10H12FN/c1-12-10-8-5-3-2-4-7(8)6-9(10)11/h2-5,9-10,12H,6H2,1H3. The Morgan fingerprint density at radius 3 is 2.92 bits per heavy atom. The van der Waals surface area contributed by atoms with Crippen molar-refractivity contribution >= 4 is 0 Å². The second-order valence-electron chi connectivity index (χ2n) is 3.19. The first-order valence-corrected chi connectivity index (χ1v) is 4.22. The van der Waals surface area contributed by atoms with Crippen LogP contribution in [0.25, 0.3) is 0 Å². The minimum absolute atomic E-state index is 0.0961. The van der Waals surface area contributed by atoms with Crippen molar-refractivity contribution in [1.29, 1.82) is 0 Å². The van der Waals surface area contributed by atoms with Gasteiger partial charge in [-0.15, -0.1) is 0 Å². The Balaban J connectivity index is 2.40. The molecule has 0 aromatic heterocycles. The Hall–Kier alpha value is -0.890. The van der Waals surface area contributed by atoms with Gasteiger partial charge in [-0.2, -0.15) is 0 Å². The SMILES string of the molecule is CNC1c2ccccc2CC1F. The summed E-state index contributed by atoms with van der Waals surface area (Å²) in [7, 11) is 1.80. The van der Waals surface area contributed by atoms with E-state index in [2.05, 4.69) is 5.32 Å². The van der Waals surface area contributed by atoms with E-state index in [9.17, 15) is 4.39 Å². The van der Waals surface area contributed by atoms with Crippen LogP contribution in [-0.4, -0.2) is 13.2 Å². The number of alkyl halides is 1. The van der Waals surface area contributed by atoms with Crippen molar-refractivity contribution in [3.05, 3.63) is 35.4 Å². The zero-order valence-electron chi connectivity index (χ0n) is 7.05. The van der Waals surface area contributed by atoms with E-state index in [1.807, 2.05) is 24.3 Å². The Bertz CT molecular complexity index is 285. The molecule has 0 spiro atoms. The summed E-state index contributed by atoms with van der Waals surface area (Å²) >= 11 is 0. The molecular formula is C10H12FN. The zero-order chi connectivity index (χ0) is 8.55. The number of hydrogen-bond donors (Lipinski definition) is 1. The fraction of sp³-hybridized carbons (Fsp3) is 0.400. The maximum Gasteiger partial charge on any atom is 0.123 e. The predicted octanol–water partition coefficient (Wildman–Crippen LogP) is 1.84. The van der Waals surface area contributed by atoms with Gasteiger partial charge in [-0.3, -0.25) is 0 Å². The number of nitrogens with one attached hydrogen (secondary N) is 1. The van der Waals surface area contributed by atoms with Gasteiger partial charge in [-0.1, -0.05) is 24.3 Å². The third kappa shape index (κ3) is 1.03. The second kappa shape index (κ2) is 2.87. The molecule has 2 heteroatoms. The summed E-state index contributed by atoms with van der Waals surface area (Å²) in [6, 6.07) is 7.82. The summed E-state index contributed by atoms with van der Waals surface area (Å²) in [5, 5.41) is 2.99. The van der Waals surface area contributed by atoms with Crippen LogP contribution in [0.2, 0.25) is 0 Å². The molecule has 64 valence electrons. The Morgan fingerprint density at radius 2 is 2.17 bits per heavy atom. The van der Waals surface area contributed by atoms with Crippen molar-refractivity contribution in [2.24, 2.45) is 0 Å². The lowest BCUT2D eigenvalue weighted by molar-refractivity contribution is 0.279. The van der Waals surface area contributed by atoms with Gasteiger partial charge in [0.05, 0.1) is 6.04 Å². The quantitative estimate of drug-likeness (QED) is 0.669. The number of halogens is 1. The van der Waals surface area contributed by atoms with Gasteiger partial charge in [-0.25, -0.2) is 4.39 Å². The Morgan fingerprint density at radius 1 is 1.42 bits per heavy atom. The monoisotopic (exact) mass is 165 g/mol. The molecule has 2 atom stereocenters. The van der Waals surface area contributed by atoms with Crippen molar-refractivity contribution in [2.45, 2.75) is 18.6 Å². The minimum atomic E-state index is -0.757. The van der Waals surface area contributed by atoms with Gasteiger partial charge in [0.1, 0.15) is 6.17 Å². The summed E-state index contributed by atoms with van der Waals surface area (Å²) in [6.07, 6.45) is -0.200. The van der Waals surface area contributed by atoms with E-state index in [0.29, 0.717) is 6.42 Å². The highest BCUT2D eigenvalue weighted by Crippen LogP contribution is 2.32. The van der Waals surface area contributed by atoms with E-state index in [-0.39, 0.29) is 6.04 Å². The Labute approximate surface area is 71.6 Å². The molecule has 2 unspecified atom stereocenters. The first-order valence-electron chi connectivity index (χ1n) is 4.22. The van der Waals surface area contributed by atoms with E-state index in [0.717, 1.165) is 11.1 Å². The third-order valence-electron chi connectivity index (χ3n) is 2.48. The van der Waals surface area contributed by atoms with Crippen LogP contribution in [0, 0.1) is 0 Å². The van der Waals surface area contributed by atoms with Crippen LogP contribution in [0.4, 0.5) is 4.39 Å². The molecule has 0 fully saturated rings. The van der Waals surface area contributed by atoms with Gasteiger partial charge in [0, 0.05) is 6.42 Å². The van der Waals surface area contributed by atoms with Gasteiger partial charge in [-0.05, 0) is 18.2 Å². The number of rotatable bonds is 1. The average Bonchev–Trinajstić information content (AvgIpc) is 2.40. The largest absolute Gasteiger partial charge is 0.311 e. The molecule has 0 bridgehead atoms. The molecule has 1 nitrogen and oxygen atoms in total. The van der Waals surface area contributed by atoms with Gasteiger partial charge >= 0.3 is 0 Å². The van der Waals surface area contributed by atoms with Crippen LogP contribution in [0.3, 0.4) is 0 Å². The maximum absolute atomic E-state index is 13.3. The summed E-state index contributed by atoms with van der Waals surface area (Å²) in [4.78, 5) is 0. The van der Waals surface area contributed by atoms with Crippen molar-refractivity contribution in [3.63, 3.8) is 0 Å². The summed E-state index contributed by atoms with van der Waals surface area (Å²) in [5.41, 5.74) is 2.26. The first kappa shape index (κ1) is 7.74. The van der Waals surface area contributed by atoms with E-state index >= 15 is 0 Å². The van der Waals surface area contributed by atoms with Gasteiger partial charge in [0.25, 0.3) is 0 Å². The van der Waals surface area contributed by atoms with E-state index in [4.69, 9.17) is 0 Å². The van der Waals surface area contributed by atoms with E-state index in [1.165, 1.54) is 0 Å². The van der Waals surface area contributed by atoms with Gasteiger partial charge in [0.2, 0.25) is 0 Å². The predicted molar refractivity (Wildman–Crippen MR) is 46.8 cm³/mol.